The summed E-state index contributed by atoms with van der Waals surface area (Å²) >= 11 is 0. The molecule has 18 heavy (non-hydrogen) atoms. The van der Waals surface area contributed by atoms with Gasteiger partial charge in [0.25, 0.3) is 0 Å². The van der Waals surface area contributed by atoms with Crippen molar-refractivity contribution in [2.45, 2.75) is 48.5 Å². The van der Waals surface area contributed by atoms with Crippen molar-refractivity contribution < 1.29 is 0 Å². The van der Waals surface area contributed by atoms with Gasteiger partial charge in [-0.3, -0.25) is 0 Å². The number of hydrogen-bond acceptors (Lipinski definition) is 0. The van der Waals surface area contributed by atoms with Crippen LogP contribution in [0.1, 0.15) is 48.5 Å². The van der Waals surface area contributed by atoms with Gasteiger partial charge in [0.1, 0.15) is 0 Å². The molecule has 0 saturated heterocycles. The Bertz CT molecular complexity index is 274. The molecule has 0 spiro atoms. The van der Waals surface area contributed by atoms with Crippen LogP contribution in [-0.2, 0) is 0 Å². The van der Waals surface area contributed by atoms with Gasteiger partial charge in [0.2, 0.25) is 0 Å². The van der Waals surface area contributed by atoms with Gasteiger partial charge in [0.15, 0.2) is 0 Å². The summed E-state index contributed by atoms with van der Waals surface area (Å²) in [4.78, 5) is 0. The number of rotatable bonds is 5. The minimum absolute atomic E-state index is 0.381. The molecule has 1 atom stereocenters. The van der Waals surface area contributed by atoms with Crippen LogP contribution in [0, 0.1) is 5.92 Å². The Balaban J connectivity index is -0.000000506. The van der Waals surface area contributed by atoms with Gasteiger partial charge in [-0.05, 0) is 25.0 Å². The van der Waals surface area contributed by atoms with Gasteiger partial charge in [0.05, 0.1) is 0 Å². The third-order valence-electron chi connectivity index (χ3n) is 2.24. The number of allylic oxidation sites excluding steroid dienone is 8. The van der Waals surface area contributed by atoms with E-state index >= 15 is 0 Å². The van der Waals surface area contributed by atoms with E-state index in [2.05, 4.69) is 45.2 Å². The molecule has 0 bridgehead atoms. The molecule has 0 aliphatic heterocycles. The first-order valence-electron chi connectivity index (χ1n) is 6.95. The lowest BCUT2D eigenvalue weighted by atomic mass is 9.91. The zero-order valence-electron chi connectivity index (χ0n) is 13.5. The largest absolute Gasteiger partial charge is 0.0991 e. The highest BCUT2D eigenvalue weighted by Crippen LogP contribution is 2.21. The third kappa shape index (κ3) is 9.89. The van der Waals surface area contributed by atoms with Crippen molar-refractivity contribution in [1.82, 2.24) is 0 Å². The van der Waals surface area contributed by atoms with Crippen LogP contribution in [0.25, 0.3) is 0 Å². The molecular formula is C18H32. The molecule has 104 valence electrons. The molecule has 0 saturated carbocycles. The molecule has 0 heteroatoms. The van der Waals surface area contributed by atoms with E-state index in [1.165, 1.54) is 11.1 Å². The Morgan fingerprint density at radius 2 is 1.44 bits per heavy atom. The fraction of sp³-hybridized carbons (Fsp3) is 0.444. The lowest BCUT2D eigenvalue weighted by Gasteiger charge is -2.13. The van der Waals surface area contributed by atoms with E-state index in [9.17, 15) is 0 Å². The average Bonchev–Trinajstić information content (AvgIpc) is 2.45. The Hall–Kier alpha value is -1.30. The van der Waals surface area contributed by atoms with Crippen molar-refractivity contribution in [1.29, 1.82) is 0 Å². The molecular weight excluding hydrogens is 216 g/mol. The lowest BCUT2D eigenvalue weighted by Crippen LogP contribution is -1.99. The first-order valence-corrected chi connectivity index (χ1v) is 6.95. The van der Waals surface area contributed by atoms with Crippen molar-refractivity contribution >= 4 is 0 Å². The monoisotopic (exact) mass is 248 g/mol. The van der Waals surface area contributed by atoms with Gasteiger partial charge < -0.3 is 0 Å². The molecule has 0 heterocycles. The van der Waals surface area contributed by atoms with Crippen molar-refractivity contribution in [3.8, 4) is 0 Å². The Morgan fingerprint density at radius 1 is 0.944 bits per heavy atom. The molecule has 0 N–H and O–H groups in total. The normalized spacial score (nSPS) is 12.8. The Morgan fingerprint density at radius 3 is 1.72 bits per heavy atom. The predicted octanol–water partition coefficient (Wildman–Crippen LogP) is 6.50. The summed E-state index contributed by atoms with van der Waals surface area (Å²) in [6.07, 6.45) is 12.0. The minimum atomic E-state index is 0.381. The summed E-state index contributed by atoms with van der Waals surface area (Å²) in [5.41, 5.74) is 2.51. The topological polar surface area (TPSA) is 0 Å². The highest BCUT2D eigenvalue weighted by Gasteiger charge is 2.07. The van der Waals surface area contributed by atoms with Crippen molar-refractivity contribution in [3.63, 3.8) is 0 Å². The molecule has 0 aromatic heterocycles. The van der Waals surface area contributed by atoms with E-state index in [1.807, 2.05) is 46.8 Å². The summed E-state index contributed by atoms with van der Waals surface area (Å²) < 4.78 is 0. The smallest absolute Gasteiger partial charge is 0.00574 e. The van der Waals surface area contributed by atoms with Gasteiger partial charge in [0, 0.05) is 5.92 Å². The van der Waals surface area contributed by atoms with Gasteiger partial charge in [-0.1, -0.05) is 84.2 Å². The first kappa shape index (κ1) is 21.9. The highest BCUT2D eigenvalue weighted by molar-refractivity contribution is 5.35. The molecule has 0 radical (unpaired) electrons. The van der Waals surface area contributed by atoms with E-state index in [4.69, 9.17) is 0 Å². The fourth-order valence-electron chi connectivity index (χ4n) is 1.40. The lowest BCUT2D eigenvalue weighted by molar-refractivity contribution is 0.846. The quantitative estimate of drug-likeness (QED) is 0.487. The second-order valence-electron chi connectivity index (χ2n) is 3.12. The molecule has 0 aromatic carbocycles. The third-order valence-corrected chi connectivity index (χ3v) is 2.24. The van der Waals surface area contributed by atoms with E-state index in [-0.39, 0.29) is 0 Å². The predicted molar refractivity (Wildman–Crippen MR) is 88.9 cm³/mol. The van der Waals surface area contributed by atoms with Crippen molar-refractivity contribution in [2.75, 3.05) is 0 Å². The maximum atomic E-state index is 3.81. The standard InChI is InChI=1S/C14H20.2C2H6/c1-6-10-13(8-3)12(5)14(9-4)11-7-2;2*1-2/h6-12H,1,3H2,2,4-5H3;2*1-2H3/b11-7-,13-10+,14-9+;;. The van der Waals surface area contributed by atoms with E-state index in [1.54, 1.807) is 6.08 Å². The average molecular weight is 248 g/mol. The van der Waals surface area contributed by atoms with Crippen LogP contribution in [-0.4, -0.2) is 0 Å². The maximum absolute atomic E-state index is 3.81. The van der Waals surface area contributed by atoms with Gasteiger partial charge in [-0.2, -0.15) is 0 Å². The van der Waals surface area contributed by atoms with Crippen LogP contribution in [0.3, 0.4) is 0 Å². The molecule has 0 rings (SSSR count). The molecule has 0 aliphatic rings. The van der Waals surface area contributed by atoms with Crippen LogP contribution in [0.2, 0.25) is 0 Å². The summed E-state index contributed by atoms with van der Waals surface area (Å²) in [5, 5.41) is 0. The summed E-state index contributed by atoms with van der Waals surface area (Å²) in [5.74, 6) is 0.381. The second kappa shape index (κ2) is 18.1. The summed E-state index contributed by atoms with van der Waals surface area (Å²) in [6, 6.07) is 0. The van der Waals surface area contributed by atoms with E-state index < -0.39 is 0 Å². The molecule has 0 nitrogen and oxygen atoms in total. The summed E-state index contributed by atoms with van der Waals surface area (Å²) in [7, 11) is 0. The SMILES string of the molecule is C=C/C=C(\C=C)C(C)C(/C=C\C)=C/C.CC.CC. The van der Waals surface area contributed by atoms with Crippen LogP contribution < -0.4 is 0 Å². The first-order chi connectivity index (χ1) is 8.71. The molecule has 0 aromatic rings. The number of hydrogen-bond donors (Lipinski definition) is 0. The Kier molecular flexibility index (Phi) is 22.0. The highest BCUT2D eigenvalue weighted by atomic mass is 14.1. The maximum Gasteiger partial charge on any atom is 0.00574 e. The zero-order valence-corrected chi connectivity index (χ0v) is 13.5. The zero-order chi connectivity index (χ0) is 15.0. The Labute approximate surface area is 116 Å². The van der Waals surface area contributed by atoms with Crippen molar-refractivity contribution in [2.24, 2.45) is 5.92 Å². The molecule has 0 aliphatic carbocycles. The van der Waals surface area contributed by atoms with Crippen LogP contribution in [0.5, 0.6) is 0 Å². The van der Waals surface area contributed by atoms with E-state index in [0.29, 0.717) is 5.92 Å². The molecule has 1 unspecified atom stereocenters. The van der Waals surface area contributed by atoms with Crippen LogP contribution in [0.15, 0.2) is 60.8 Å². The van der Waals surface area contributed by atoms with Gasteiger partial charge >= 0.3 is 0 Å². The van der Waals surface area contributed by atoms with Crippen LogP contribution >= 0.6 is 0 Å². The second-order valence-corrected chi connectivity index (χ2v) is 3.12. The van der Waals surface area contributed by atoms with Gasteiger partial charge in [-0.15, -0.1) is 0 Å². The fourth-order valence-corrected chi connectivity index (χ4v) is 1.40. The van der Waals surface area contributed by atoms with Crippen molar-refractivity contribution in [3.05, 3.63) is 60.8 Å². The molecule has 0 fully saturated rings. The van der Waals surface area contributed by atoms with Crippen LogP contribution in [0.4, 0.5) is 0 Å². The molecule has 0 amide bonds. The summed E-state index contributed by atoms with van der Waals surface area (Å²) in [6.45, 7) is 21.8. The van der Waals surface area contributed by atoms with E-state index in [0.717, 1.165) is 0 Å². The minimum Gasteiger partial charge on any atom is -0.0991 e. The van der Waals surface area contributed by atoms with Gasteiger partial charge in [-0.25, -0.2) is 0 Å².